The van der Waals surface area contributed by atoms with Gasteiger partial charge in [-0.1, -0.05) is 30.7 Å². The highest BCUT2D eigenvalue weighted by Crippen LogP contribution is 2.26. The molecule has 0 heterocycles. The Balaban J connectivity index is 3.13. The van der Waals surface area contributed by atoms with Gasteiger partial charge >= 0.3 is 0 Å². The second-order valence-electron chi connectivity index (χ2n) is 3.53. The number of rotatable bonds is 3. The smallest absolute Gasteiger partial charge is 0.152 e. The van der Waals surface area contributed by atoms with E-state index in [1.54, 1.807) is 0 Å². The van der Waals surface area contributed by atoms with Crippen molar-refractivity contribution in [1.29, 1.82) is 0 Å². The molecule has 0 saturated heterocycles. The molecule has 0 aliphatic carbocycles. The van der Waals surface area contributed by atoms with Crippen molar-refractivity contribution in [1.82, 2.24) is 0 Å². The summed E-state index contributed by atoms with van der Waals surface area (Å²) in [5.41, 5.74) is 3.32. The maximum Gasteiger partial charge on any atom is 0.152 e. The normalized spacial score (nSPS) is 12.6. The third-order valence-electron chi connectivity index (χ3n) is 2.31. The first-order chi connectivity index (χ1) is 6.56. The number of ketones is 1. The van der Waals surface area contributed by atoms with Crippen LogP contribution < -0.4 is 0 Å². The topological polar surface area (TPSA) is 17.1 Å². The van der Waals surface area contributed by atoms with Crippen molar-refractivity contribution in [3.8, 4) is 0 Å². The molecule has 0 radical (unpaired) electrons. The summed E-state index contributed by atoms with van der Waals surface area (Å²) >= 11 is 6.03. The number of aryl methyl sites for hydroxylation is 2. The number of hydrogen-bond donors (Lipinski definition) is 0. The molecule has 1 unspecified atom stereocenters. The molecule has 0 amide bonds. The van der Waals surface area contributed by atoms with E-state index >= 15 is 0 Å². The molecule has 0 aromatic heterocycles. The van der Waals surface area contributed by atoms with Crippen molar-refractivity contribution >= 4 is 17.4 Å². The zero-order valence-electron chi connectivity index (χ0n) is 8.80. The monoisotopic (exact) mass is 210 g/mol. The van der Waals surface area contributed by atoms with Gasteiger partial charge < -0.3 is 0 Å². The predicted molar refractivity (Wildman–Crippen MR) is 59.8 cm³/mol. The SMILES string of the molecule is CCc1cc(C)ccc1C(Cl)C(C)=O. The molecule has 1 aromatic carbocycles. The first-order valence-corrected chi connectivity index (χ1v) is 5.23. The average Bonchev–Trinajstić information content (AvgIpc) is 2.16. The van der Waals surface area contributed by atoms with Crippen LogP contribution in [-0.2, 0) is 11.2 Å². The van der Waals surface area contributed by atoms with E-state index in [0.29, 0.717) is 0 Å². The molecule has 0 bridgehead atoms. The van der Waals surface area contributed by atoms with Gasteiger partial charge in [0.25, 0.3) is 0 Å². The molecule has 2 heteroatoms. The minimum Gasteiger partial charge on any atom is -0.298 e. The summed E-state index contributed by atoms with van der Waals surface area (Å²) in [7, 11) is 0. The zero-order valence-corrected chi connectivity index (χ0v) is 9.56. The van der Waals surface area contributed by atoms with E-state index < -0.39 is 5.38 Å². The van der Waals surface area contributed by atoms with E-state index in [2.05, 4.69) is 13.0 Å². The molecule has 0 spiro atoms. The number of halogens is 1. The second kappa shape index (κ2) is 4.61. The Hall–Kier alpha value is -0.820. The number of benzene rings is 1. The highest BCUT2D eigenvalue weighted by molar-refractivity contribution is 6.30. The maximum atomic E-state index is 11.2. The van der Waals surface area contributed by atoms with Crippen molar-refractivity contribution in [2.24, 2.45) is 0 Å². The Morgan fingerprint density at radius 3 is 2.64 bits per heavy atom. The standard InChI is InChI=1S/C12H15ClO/c1-4-10-7-8(2)5-6-11(10)12(13)9(3)14/h5-7,12H,4H2,1-3H3. The third-order valence-corrected chi connectivity index (χ3v) is 2.85. The van der Waals surface area contributed by atoms with Gasteiger partial charge in [0.15, 0.2) is 5.78 Å². The maximum absolute atomic E-state index is 11.2. The molecule has 0 aliphatic heterocycles. The minimum absolute atomic E-state index is 0.00483. The molecular weight excluding hydrogens is 196 g/mol. The van der Waals surface area contributed by atoms with Crippen molar-refractivity contribution in [3.05, 3.63) is 34.9 Å². The number of carbonyl (C=O) groups excluding carboxylic acids is 1. The summed E-state index contributed by atoms with van der Waals surface area (Å²) in [6, 6.07) is 6.04. The summed E-state index contributed by atoms with van der Waals surface area (Å²) in [6.45, 7) is 5.64. The molecule has 0 N–H and O–H groups in total. The van der Waals surface area contributed by atoms with E-state index in [1.807, 2.05) is 19.1 Å². The predicted octanol–water partition coefficient (Wildman–Crippen LogP) is 3.43. The number of alkyl halides is 1. The van der Waals surface area contributed by atoms with E-state index in [-0.39, 0.29) is 5.78 Å². The van der Waals surface area contributed by atoms with Crippen LogP contribution in [0.4, 0.5) is 0 Å². The molecule has 1 rings (SSSR count). The Kier molecular flexibility index (Phi) is 3.70. The summed E-state index contributed by atoms with van der Waals surface area (Å²) in [6.07, 6.45) is 0.910. The van der Waals surface area contributed by atoms with Crippen molar-refractivity contribution in [2.45, 2.75) is 32.6 Å². The van der Waals surface area contributed by atoms with Crippen LogP contribution in [0, 0.1) is 6.92 Å². The Bertz CT molecular complexity index is 344. The highest BCUT2D eigenvalue weighted by Gasteiger charge is 2.15. The number of hydrogen-bond acceptors (Lipinski definition) is 1. The highest BCUT2D eigenvalue weighted by atomic mass is 35.5. The van der Waals surface area contributed by atoms with Gasteiger partial charge in [-0.25, -0.2) is 0 Å². The van der Waals surface area contributed by atoms with E-state index in [4.69, 9.17) is 11.6 Å². The van der Waals surface area contributed by atoms with Gasteiger partial charge in [0, 0.05) is 0 Å². The third kappa shape index (κ3) is 2.36. The van der Waals surface area contributed by atoms with Crippen molar-refractivity contribution in [2.75, 3.05) is 0 Å². The molecule has 0 fully saturated rings. The van der Waals surface area contributed by atoms with Gasteiger partial charge in [0.1, 0.15) is 5.38 Å². The Morgan fingerprint density at radius 2 is 2.14 bits per heavy atom. The van der Waals surface area contributed by atoms with Gasteiger partial charge in [-0.2, -0.15) is 0 Å². The van der Waals surface area contributed by atoms with Crippen LogP contribution in [0.25, 0.3) is 0 Å². The molecule has 14 heavy (non-hydrogen) atoms. The van der Waals surface area contributed by atoms with Crippen LogP contribution in [0.5, 0.6) is 0 Å². The van der Waals surface area contributed by atoms with Crippen LogP contribution in [0.3, 0.4) is 0 Å². The molecular formula is C12H15ClO. The number of Topliss-reactive ketones (excluding diaryl/α,β-unsaturated/α-hetero) is 1. The van der Waals surface area contributed by atoms with Gasteiger partial charge in [0.05, 0.1) is 0 Å². The lowest BCUT2D eigenvalue weighted by Gasteiger charge is -2.12. The first-order valence-electron chi connectivity index (χ1n) is 4.80. The summed E-state index contributed by atoms with van der Waals surface area (Å²) in [5.74, 6) is 0.00483. The van der Waals surface area contributed by atoms with Crippen LogP contribution in [-0.4, -0.2) is 5.78 Å². The fourth-order valence-corrected chi connectivity index (χ4v) is 1.72. The van der Waals surface area contributed by atoms with E-state index in [9.17, 15) is 4.79 Å². The fraction of sp³-hybridized carbons (Fsp3) is 0.417. The quantitative estimate of drug-likeness (QED) is 0.699. The molecule has 76 valence electrons. The summed E-state index contributed by atoms with van der Waals surface area (Å²) in [4.78, 5) is 11.2. The van der Waals surface area contributed by atoms with Gasteiger partial charge in [-0.05, 0) is 31.4 Å². The minimum atomic E-state index is -0.495. The molecule has 1 atom stereocenters. The lowest BCUT2D eigenvalue weighted by Crippen LogP contribution is -2.05. The molecule has 1 aromatic rings. The van der Waals surface area contributed by atoms with E-state index in [0.717, 1.165) is 12.0 Å². The van der Waals surface area contributed by atoms with Crippen LogP contribution >= 0.6 is 11.6 Å². The Morgan fingerprint density at radius 1 is 1.50 bits per heavy atom. The van der Waals surface area contributed by atoms with Crippen LogP contribution in [0.2, 0.25) is 0 Å². The summed E-state index contributed by atoms with van der Waals surface area (Å²) in [5, 5.41) is -0.495. The Labute approximate surface area is 90.1 Å². The van der Waals surface area contributed by atoms with Gasteiger partial charge in [0.2, 0.25) is 0 Å². The second-order valence-corrected chi connectivity index (χ2v) is 3.97. The molecule has 0 aliphatic rings. The lowest BCUT2D eigenvalue weighted by atomic mass is 9.98. The fourth-order valence-electron chi connectivity index (χ4n) is 1.51. The average molecular weight is 211 g/mol. The summed E-state index contributed by atoms with van der Waals surface area (Å²) < 4.78 is 0. The van der Waals surface area contributed by atoms with E-state index in [1.165, 1.54) is 18.1 Å². The molecule has 0 saturated carbocycles. The van der Waals surface area contributed by atoms with Crippen LogP contribution in [0.1, 0.15) is 35.9 Å². The number of carbonyl (C=O) groups is 1. The van der Waals surface area contributed by atoms with Crippen molar-refractivity contribution in [3.63, 3.8) is 0 Å². The van der Waals surface area contributed by atoms with Crippen LogP contribution in [0.15, 0.2) is 18.2 Å². The van der Waals surface area contributed by atoms with Crippen molar-refractivity contribution < 1.29 is 4.79 Å². The largest absolute Gasteiger partial charge is 0.298 e. The molecule has 1 nitrogen and oxygen atoms in total. The van der Waals surface area contributed by atoms with Gasteiger partial charge in [-0.15, -0.1) is 11.6 Å². The van der Waals surface area contributed by atoms with Gasteiger partial charge in [-0.3, -0.25) is 4.79 Å². The first kappa shape index (κ1) is 11.3. The zero-order chi connectivity index (χ0) is 10.7. The lowest BCUT2D eigenvalue weighted by molar-refractivity contribution is -0.116.